The molecule has 4 rings (SSSR count). The number of benzene rings is 2. The first-order valence-electron chi connectivity index (χ1n) is 8.10. The molecule has 2 aromatic carbocycles. The summed E-state index contributed by atoms with van der Waals surface area (Å²) < 4.78 is 0. The quantitative estimate of drug-likeness (QED) is 0.440. The summed E-state index contributed by atoms with van der Waals surface area (Å²) in [7, 11) is 0. The van der Waals surface area contributed by atoms with Crippen molar-refractivity contribution in [1.29, 1.82) is 0 Å². The maximum atomic E-state index is 11.2. The number of rotatable bonds is 4. The van der Waals surface area contributed by atoms with Crippen molar-refractivity contribution in [3.8, 4) is 0 Å². The van der Waals surface area contributed by atoms with Crippen molar-refractivity contribution < 1.29 is 9.90 Å². The smallest absolute Gasteiger partial charge is 0.147 e. The number of nitrogens with one attached hydrogen (secondary N) is 2. The average molecular weight is 343 g/mol. The Morgan fingerprint density at radius 3 is 2.85 bits per heavy atom. The number of aromatic carboxylic acids is 1. The Labute approximate surface area is 149 Å². The molecule has 2 heterocycles. The maximum absolute atomic E-state index is 11.2. The molecule has 0 atom stereocenters. The molecule has 6 nitrogen and oxygen atoms in total. The normalized spacial score (nSPS) is 11.4. The van der Waals surface area contributed by atoms with Crippen LogP contribution in [0.5, 0.6) is 0 Å². The molecule has 2 aromatic heterocycles. The van der Waals surface area contributed by atoms with E-state index in [0.29, 0.717) is 11.3 Å². The number of hydrazone groups is 1. The molecule has 0 unspecified atom stereocenters. The first-order valence-corrected chi connectivity index (χ1v) is 8.10. The van der Waals surface area contributed by atoms with Crippen molar-refractivity contribution in [2.75, 3.05) is 5.43 Å². The van der Waals surface area contributed by atoms with Gasteiger partial charge in [-0.15, -0.1) is 0 Å². The highest BCUT2D eigenvalue weighted by molar-refractivity contribution is 6.07. The summed E-state index contributed by atoms with van der Waals surface area (Å²) in [4.78, 5) is 18.7. The number of aryl methyl sites for hydroxylation is 1. The first kappa shape index (κ1) is 15.8. The Bertz CT molecular complexity index is 1160. The molecule has 26 heavy (non-hydrogen) atoms. The van der Waals surface area contributed by atoms with Gasteiger partial charge in [0.1, 0.15) is 5.82 Å². The van der Waals surface area contributed by atoms with E-state index in [0.717, 1.165) is 27.4 Å². The van der Waals surface area contributed by atoms with Crippen LogP contribution in [0.3, 0.4) is 0 Å². The molecule has 2 N–H and O–H groups in total. The molecule has 4 aromatic rings. The summed E-state index contributed by atoms with van der Waals surface area (Å²) in [5.41, 5.74) is 6.36. The minimum absolute atomic E-state index is 0.127. The van der Waals surface area contributed by atoms with E-state index < -0.39 is 5.97 Å². The van der Waals surface area contributed by atoms with Gasteiger partial charge in [0.2, 0.25) is 0 Å². The van der Waals surface area contributed by atoms with Crippen LogP contribution in [0.15, 0.2) is 59.8 Å². The number of hydrogen-bond acceptors (Lipinski definition) is 5. The molecule has 0 aliphatic heterocycles. The SMILES string of the molecule is Cc1cc(N/N=C/c2c[nH]c3c(C(=O)[O-])cccc23)nc2ccccc12. The summed E-state index contributed by atoms with van der Waals surface area (Å²) in [6, 6.07) is 14.9. The zero-order valence-corrected chi connectivity index (χ0v) is 14.0. The molecule has 0 spiro atoms. The number of nitrogens with zero attached hydrogens (tertiary/aromatic N) is 2. The number of carbonyl (C=O) groups excluding carboxylic acids is 1. The summed E-state index contributed by atoms with van der Waals surface area (Å²) in [6.45, 7) is 2.03. The molecular weight excluding hydrogens is 328 g/mol. The van der Waals surface area contributed by atoms with Crippen LogP contribution in [0.4, 0.5) is 5.82 Å². The molecule has 6 heteroatoms. The molecule has 0 amide bonds. The Morgan fingerprint density at radius 2 is 2.00 bits per heavy atom. The predicted octanol–water partition coefficient (Wildman–Crippen LogP) is 2.83. The van der Waals surface area contributed by atoms with E-state index in [2.05, 4.69) is 20.5 Å². The number of aromatic amines is 1. The van der Waals surface area contributed by atoms with Gasteiger partial charge in [0.15, 0.2) is 0 Å². The minimum atomic E-state index is -1.21. The number of carboxylic acid groups (broad SMARTS) is 1. The van der Waals surface area contributed by atoms with Gasteiger partial charge >= 0.3 is 0 Å². The maximum Gasteiger partial charge on any atom is 0.147 e. The number of aromatic nitrogens is 2. The topological polar surface area (TPSA) is 93.2 Å². The van der Waals surface area contributed by atoms with Crippen LogP contribution in [0.25, 0.3) is 21.8 Å². The van der Waals surface area contributed by atoms with E-state index in [-0.39, 0.29) is 5.56 Å². The van der Waals surface area contributed by atoms with Gasteiger partial charge in [-0.2, -0.15) is 5.10 Å². The number of para-hydroxylation sites is 2. The number of pyridine rings is 1. The third-order valence-corrected chi connectivity index (χ3v) is 4.27. The van der Waals surface area contributed by atoms with E-state index >= 15 is 0 Å². The van der Waals surface area contributed by atoms with Gasteiger partial charge in [-0.05, 0) is 24.6 Å². The summed E-state index contributed by atoms with van der Waals surface area (Å²) in [6.07, 6.45) is 3.34. The lowest BCUT2D eigenvalue weighted by atomic mass is 10.1. The second-order valence-electron chi connectivity index (χ2n) is 5.97. The molecule has 0 fully saturated rings. The number of carbonyl (C=O) groups is 1. The largest absolute Gasteiger partial charge is 0.545 e. The van der Waals surface area contributed by atoms with E-state index in [1.54, 1.807) is 18.5 Å². The number of hydrogen-bond donors (Lipinski definition) is 2. The van der Waals surface area contributed by atoms with E-state index in [1.165, 1.54) is 6.07 Å². The Morgan fingerprint density at radius 1 is 1.19 bits per heavy atom. The van der Waals surface area contributed by atoms with Crippen LogP contribution in [-0.4, -0.2) is 22.2 Å². The highest BCUT2D eigenvalue weighted by atomic mass is 16.4. The molecule has 128 valence electrons. The van der Waals surface area contributed by atoms with Gasteiger partial charge in [-0.25, -0.2) is 4.98 Å². The number of H-pyrrole nitrogens is 1. The summed E-state index contributed by atoms with van der Waals surface area (Å²) in [5.74, 6) is -0.567. The molecule has 0 saturated carbocycles. The lowest BCUT2D eigenvalue weighted by Crippen LogP contribution is -2.22. The van der Waals surface area contributed by atoms with Crippen LogP contribution < -0.4 is 10.5 Å². The summed E-state index contributed by atoms with van der Waals surface area (Å²) in [5, 5.41) is 17.3. The molecular formula is C20H15N4O2-. The predicted molar refractivity (Wildman–Crippen MR) is 100 cm³/mol. The van der Waals surface area contributed by atoms with Crippen LogP contribution in [-0.2, 0) is 0 Å². The minimum Gasteiger partial charge on any atom is -0.545 e. The van der Waals surface area contributed by atoms with E-state index in [4.69, 9.17) is 0 Å². The molecule has 0 aliphatic rings. The van der Waals surface area contributed by atoms with Crippen LogP contribution in [0.1, 0.15) is 21.5 Å². The monoisotopic (exact) mass is 343 g/mol. The van der Waals surface area contributed by atoms with Crippen LogP contribution in [0, 0.1) is 6.92 Å². The zero-order valence-electron chi connectivity index (χ0n) is 14.0. The van der Waals surface area contributed by atoms with E-state index in [1.807, 2.05) is 43.3 Å². The Hall–Kier alpha value is -3.67. The molecule has 0 aliphatic carbocycles. The Balaban J connectivity index is 1.62. The zero-order chi connectivity index (χ0) is 18.1. The average Bonchev–Trinajstić information content (AvgIpc) is 3.05. The van der Waals surface area contributed by atoms with Crippen LogP contribution >= 0.6 is 0 Å². The van der Waals surface area contributed by atoms with Gasteiger partial charge in [0.25, 0.3) is 0 Å². The Kier molecular flexibility index (Phi) is 3.85. The van der Waals surface area contributed by atoms with Gasteiger partial charge < -0.3 is 14.9 Å². The van der Waals surface area contributed by atoms with Gasteiger partial charge in [0.05, 0.1) is 23.2 Å². The number of anilines is 1. The highest BCUT2D eigenvalue weighted by Crippen LogP contribution is 2.21. The second-order valence-corrected chi connectivity index (χ2v) is 5.97. The highest BCUT2D eigenvalue weighted by Gasteiger charge is 2.07. The van der Waals surface area contributed by atoms with Crippen molar-refractivity contribution in [2.24, 2.45) is 5.10 Å². The summed E-state index contributed by atoms with van der Waals surface area (Å²) >= 11 is 0. The van der Waals surface area contributed by atoms with Crippen molar-refractivity contribution in [2.45, 2.75) is 6.92 Å². The van der Waals surface area contributed by atoms with Crippen molar-refractivity contribution in [3.63, 3.8) is 0 Å². The molecule has 0 bridgehead atoms. The lowest BCUT2D eigenvalue weighted by molar-refractivity contribution is -0.254. The second kappa shape index (κ2) is 6.33. The molecule has 0 radical (unpaired) electrons. The van der Waals surface area contributed by atoms with Gasteiger partial charge in [-0.1, -0.05) is 36.4 Å². The van der Waals surface area contributed by atoms with E-state index in [9.17, 15) is 9.90 Å². The van der Waals surface area contributed by atoms with Crippen molar-refractivity contribution >= 4 is 39.8 Å². The lowest BCUT2D eigenvalue weighted by Gasteiger charge is -2.05. The fraction of sp³-hybridized carbons (Fsp3) is 0.0500. The number of carboxylic acids is 1. The third-order valence-electron chi connectivity index (χ3n) is 4.27. The van der Waals surface area contributed by atoms with Crippen molar-refractivity contribution in [1.82, 2.24) is 9.97 Å². The molecule has 0 saturated heterocycles. The van der Waals surface area contributed by atoms with Crippen LogP contribution in [0.2, 0.25) is 0 Å². The fourth-order valence-electron chi connectivity index (χ4n) is 3.03. The standard InChI is InChI=1S/C20H16N4O2/c1-12-9-18(23-17-8-3-2-5-14(12)17)24-22-11-13-10-21-19-15(13)6-4-7-16(19)20(25)26/h2-11,21H,1H3,(H,23,24)(H,25,26)/p-1/b22-11+. The van der Waals surface area contributed by atoms with Crippen molar-refractivity contribution in [3.05, 3.63) is 71.4 Å². The third kappa shape index (κ3) is 2.77. The van der Waals surface area contributed by atoms with Gasteiger partial charge in [0, 0.05) is 28.1 Å². The first-order chi connectivity index (χ1) is 12.6. The fourth-order valence-corrected chi connectivity index (χ4v) is 3.03. The number of fused-ring (bicyclic) bond motifs is 2. The van der Waals surface area contributed by atoms with Gasteiger partial charge in [-0.3, -0.25) is 5.43 Å².